The van der Waals surface area contributed by atoms with E-state index in [0.29, 0.717) is 0 Å². The highest BCUT2D eigenvalue weighted by Crippen LogP contribution is 2.30. The van der Waals surface area contributed by atoms with Crippen molar-refractivity contribution in [3.05, 3.63) is 34.3 Å². The second kappa shape index (κ2) is 5.86. The van der Waals surface area contributed by atoms with Crippen LogP contribution in [0.15, 0.2) is 28.7 Å². The van der Waals surface area contributed by atoms with Gasteiger partial charge in [-0.3, -0.25) is 4.79 Å². The molecule has 1 N–H and O–H groups in total. The predicted octanol–water partition coefficient (Wildman–Crippen LogP) is 3.31. The van der Waals surface area contributed by atoms with Gasteiger partial charge in [-0.05, 0) is 51.3 Å². The molecule has 1 aromatic rings. The van der Waals surface area contributed by atoms with Crippen molar-refractivity contribution in [2.75, 3.05) is 6.54 Å². The molecule has 0 saturated carbocycles. The third kappa shape index (κ3) is 3.23. The molecule has 1 aromatic carbocycles. The maximum Gasteiger partial charge on any atom is 0.230 e. The Kier molecular flexibility index (Phi) is 4.55. The average molecular weight is 340 g/mol. The van der Waals surface area contributed by atoms with Crippen molar-refractivity contribution in [2.24, 2.45) is 0 Å². The Labute approximate surface area is 129 Å². The van der Waals surface area contributed by atoms with Gasteiger partial charge in [-0.15, -0.1) is 0 Å². The summed E-state index contributed by atoms with van der Waals surface area (Å²) in [6.07, 6.45) is 1.84. The number of hydrogen-bond acceptors (Lipinski definition) is 2. The van der Waals surface area contributed by atoms with E-state index in [9.17, 15) is 9.90 Å². The molecular formula is C16H22BrNO2. The number of amides is 1. The van der Waals surface area contributed by atoms with E-state index in [1.165, 1.54) is 0 Å². The van der Waals surface area contributed by atoms with Crippen LogP contribution in [0.3, 0.4) is 0 Å². The van der Waals surface area contributed by atoms with Gasteiger partial charge in [0.1, 0.15) is 0 Å². The number of likely N-dealkylation sites (tertiary alicyclic amines) is 1. The van der Waals surface area contributed by atoms with E-state index in [4.69, 9.17) is 0 Å². The summed E-state index contributed by atoms with van der Waals surface area (Å²) in [6, 6.07) is 7.78. The highest BCUT2D eigenvalue weighted by Gasteiger charge is 2.39. The van der Waals surface area contributed by atoms with Gasteiger partial charge in [0.25, 0.3) is 0 Å². The molecular weight excluding hydrogens is 318 g/mol. The number of rotatable bonds is 3. The van der Waals surface area contributed by atoms with Gasteiger partial charge in [0.15, 0.2) is 0 Å². The first-order chi connectivity index (χ1) is 9.30. The van der Waals surface area contributed by atoms with E-state index < -0.39 is 5.60 Å². The van der Waals surface area contributed by atoms with Gasteiger partial charge in [0.2, 0.25) is 5.91 Å². The molecule has 1 aliphatic heterocycles. The van der Waals surface area contributed by atoms with Crippen LogP contribution in [0.2, 0.25) is 0 Å². The molecule has 0 aliphatic carbocycles. The number of benzene rings is 1. The highest BCUT2D eigenvalue weighted by atomic mass is 79.9. The molecule has 2 atom stereocenters. The lowest BCUT2D eigenvalue weighted by Gasteiger charge is -2.35. The second-order valence-corrected chi connectivity index (χ2v) is 7.03. The third-order valence-electron chi connectivity index (χ3n) is 4.09. The summed E-state index contributed by atoms with van der Waals surface area (Å²) in [5, 5.41) is 10.2. The highest BCUT2D eigenvalue weighted by molar-refractivity contribution is 9.10. The smallest absolute Gasteiger partial charge is 0.230 e. The number of halogens is 1. The zero-order chi connectivity index (χ0) is 14.9. The number of hydrogen-bond donors (Lipinski definition) is 1. The monoisotopic (exact) mass is 339 g/mol. The van der Waals surface area contributed by atoms with Gasteiger partial charge in [-0.25, -0.2) is 0 Å². The molecule has 1 heterocycles. The molecule has 0 aromatic heterocycles. The minimum Gasteiger partial charge on any atom is -0.388 e. The van der Waals surface area contributed by atoms with Crippen molar-refractivity contribution in [3.8, 4) is 0 Å². The largest absolute Gasteiger partial charge is 0.388 e. The van der Waals surface area contributed by atoms with Gasteiger partial charge in [0, 0.05) is 11.0 Å². The van der Waals surface area contributed by atoms with Crippen molar-refractivity contribution in [1.82, 2.24) is 4.90 Å². The fraction of sp³-hybridized carbons (Fsp3) is 0.562. The first-order valence-electron chi connectivity index (χ1n) is 7.09. The maximum absolute atomic E-state index is 12.7. The van der Waals surface area contributed by atoms with Gasteiger partial charge < -0.3 is 10.0 Å². The first-order valence-corrected chi connectivity index (χ1v) is 7.88. The minimum absolute atomic E-state index is 0.0760. The van der Waals surface area contributed by atoms with Gasteiger partial charge in [0.05, 0.1) is 17.6 Å². The van der Waals surface area contributed by atoms with Crippen LogP contribution < -0.4 is 0 Å². The molecule has 110 valence electrons. The molecule has 1 aliphatic rings. The van der Waals surface area contributed by atoms with Crippen molar-refractivity contribution in [1.29, 1.82) is 0 Å². The summed E-state index contributed by atoms with van der Waals surface area (Å²) in [4.78, 5) is 14.5. The molecule has 2 unspecified atom stereocenters. The summed E-state index contributed by atoms with van der Waals surface area (Å²) >= 11 is 3.41. The molecule has 3 nitrogen and oxygen atoms in total. The van der Waals surface area contributed by atoms with Crippen LogP contribution in [0.25, 0.3) is 0 Å². The van der Waals surface area contributed by atoms with Crippen molar-refractivity contribution in [3.63, 3.8) is 0 Å². The SMILES string of the molecule is CC(C(=O)N1CCCC1C(C)(C)O)c1ccc(Br)cc1. The zero-order valence-electron chi connectivity index (χ0n) is 12.3. The van der Waals surface area contributed by atoms with Gasteiger partial charge in [-0.1, -0.05) is 28.1 Å². The molecule has 0 radical (unpaired) electrons. The Morgan fingerprint density at radius 1 is 1.40 bits per heavy atom. The lowest BCUT2D eigenvalue weighted by molar-refractivity contribution is -0.137. The third-order valence-corrected chi connectivity index (χ3v) is 4.62. The van der Waals surface area contributed by atoms with E-state index in [2.05, 4.69) is 15.9 Å². The summed E-state index contributed by atoms with van der Waals surface area (Å²) in [7, 11) is 0. The Morgan fingerprint density at radius 2 is 2.00 bits per heavy atom. The number of carbonyl (C=O) groups is 1. The Balaban J connectivity index is 2.16. The molecule has 2 rings (SSSR count). The second-order valence-electron chi connectivity index (χ2n) is 6.12. The van der Waals surface area contributed by atoms with E-state index in [1.807, 2.05) is 36.1 Å². The average Bonchev–Trinajstić information content (AvgIpc) is 2.87. The van der Waals surface area contributed by atoms with Crippen molar-refractivity contribution >= 4 is 21.8 Å². The van der Waals surface area contributed by atoms with E-state index >= 15 is 0 Å². The molecule has 1 amide bonds. The summed E-state index contributed by atoms with van der Waals surface area (Å²) in [5.41, 5.74) is 0.172. The number of carbonyl (C=O) groups excluding carboxylic acids is 1. The molecule has 0 bridgehead atoms. The van der Waals surface area contributed by atoms with Crippen LogP contribution in [0.1, 0.15) is 45.1 Å². The van der Waals surface area contributed by atoms with Crippen LogP contribution >= 0.6 is 15.9 Å². The Morgan fingerprint density at radius 3 is 2.55 bits per heavy atom. The summed E-state index contributed by atoms with van der Waals surface area (Å²) in [5.74, 6) is -0.0667. The predicted molar refractivity (Wildman–Crippen MR) is 83.6 cm³/mol. The minimum atomic E-state index is -0.842. The topological polar surface area (TPSA) is 40.5 Å². The summed E-state index contributed by atoms with van der Waals surface area (Å²) < 4.78 is 1.01. The Hall–Kier alpha value is -0.870. The number of aliphatic hydroxyl groups is 1. The van der Waals surface area contributed by atoms with E-state index in [-0.39, 0.29) is 17.9 Å². The van der Waals surface area contributed by atoms with Gasteiger partial charge >= 0.3 is 0 Å². The zero-order valence-corrected chi connectivity index (χ0v) is 13.9. The molecule has 0 spiro atoms. The van der Waals surface area contributed by atoms with E-state index in [1.54, 1.807) is 13.8 Å². The van der Waals surface area contributed by atoms with Crippen LogP contribution in [0, 0.1) is 0 Å². The molecule has 20 heavy (non-hydrogen) atoms. The maximum atomic E-state index is 12.7. The quantitative estimate of drug-likeness (QED) is 0.917. The lowest BCUT2D eigenvalue weighted by atomic mass is 9.94. The van der Waals surface area contributed by atoms with Crippen LogP contribution in [-0.4, -0.2) is 34.1 Å². The standard InChI is InChI=1S/C16H22BrNO2/c1-11(12-6-8-13(17)9-7-12)15(19)18-10-4-5-14(18)16(2,3)20/h6-9,11,14,20H,4-5,10H2,1-3H3. The normalized spacial score (nSPS) is 21.1. The Bertz CT molecular complexity index is 478. The van der Waals surface area contributed by atoms with E-state index in [0.717, 1.165) is 29.4 Å². The molecule has 4 heteroatoms. The fourth-order valence-corrected chi connectivity index (χ4v) is 3.17. The van der Waals surface area contributed by atoms with Gasteiger partial charge in [-0.2, -0.15) is 0 Å². The van der Waals surface area contributed by atoms with Crippen LogP contribution in [0.4, 0.5) is 0 Å². The molecule has 1 saturated heterocycles. The molecule has 1 fully saturated rings. The first kappa shape index (κ1) is 15.5. The fourth-order valence-electron chi connectivity index (χ4n) is 2.91. The van der Waals surface area contributed by atoms with Crippen molar-refractivity contribution < 1.29 is 9.90 Å². The summed E-state index contributed by atoms with van der Waals surface area (Å²) in [6.45, 7) is 6.25. The van der Waals surface area contributed by atoms with Crippen LogP contribution in [-0.2, 0) is 4.79 Å². The number of nitrogens with zero attached hydrogens (tertiary/aromatic N) is 1. The van der Waals surface area contributed by atoms with Crippen LogP contribution in [0.5, 0.6) is 0 Å². The van der Waals surface area contributed by atoms with Crippen molar-refractivity contribution in [2.45, 2.75) is 51.2 Å². The lowest BCUT2D eigenvalue weighted by Crippen LogP contribution is -2.49.